The fourth-order valence-corrected chi connectivity index (χ4v) is 3.32. The number of pyridine rings is 1. The average Bonchev–Trinajstić information content (AvgIpc) is 2.97. The Labute approximate surface area is 134 Å². The van der Waals surface area contributed by atoms with Gasteiger partial charge in [0.05, 0.1) is 5.52 Å². The van der Waals surface area contributed by atoms with Crippen molar-refractivity contribution in [3.05, 3.63) is 41.1 Å². The van der Waals surface area contributed by atoms with Crippen LogP contribution in [0, 0.1) is 6.92 Å². The molecule has 1 aromatic heterocycles. The van der Waals surface area contributed by atoms with Crippen LogP contribution in [0.3, 0.4) is 0 Å². The minimum atomic E-state index is 0.0845. The number of nitrogens with one attached hydrogen (secondary N) is 1. The first-order valence-electron chi connectivity index (χ1n) is 8.57. The lowest BCUT2D eigenvalue weighted by atomic mass is 9.89. The SMILES string of the molecule is Cc1ccc2nc(C(C)(C)C)cc(CNC3CCCC3)c2c1. The van der Waals surface area contributed by atoms with E-state index in [1.165, 1.54) is 47.9 Å². The summed E-state index contributed by atoms with van der Waals surface area (Å²) in [7, 11) is 0. The molecular weight excluding hydrogens is 268 g/mol. The van der Waals surface area contributed by atoms with Crippen molar-refractivity contribution in [3.63, 3.8) is 0 Å². The Kier molecular flexibility index (Phi) is 4.22. The zero-order valence-electron chi connectivity index (χ0n) is 14.4. The van der Waals surface area contributed by atoms with Gasteiger partial charge < -0.3 is 5.32 Å². The summed E-state index contributed by atoms with van der Waals surface area (Å²) in [6, 6.07) is 9.62. The monoisotopic (exact) mass is 296 g/mol. The van der Waals surface area contributed by atoms with Crippen molar-refractivity contribution in [2.24, 2.45) is 0 Å². The summed E-state index contributed by atoms with van der Waals surface area (Å²) < 4.78 is 0. The average molecular weight is 296 g/mol. The third-order valence-corrected chi connectivity index (χ3v) is 4.75. The van der Waals surface area contributed by atoms with Gasteiger partial charge in [0.15, 0.2) is 0 Å². The van der Waals surface area contributed by atoms with Crippen LogP contribution in [0.5, 0.6) is 0 Å². The Bertz CT molecular complexity index is 661. The number of hydrogen-bond donors (Lipinski definition) is 1. The highest BCUT2D eigenvalue weighted by atomic mass is 14.9. The second-order valence-electron chi connectivity index (χ2n) is 7.80. The van der Waals surface area contributed by atoms with E-state index in [9.17, 15) is 0 Å². The number of rotatable bonds is 3. The quantitative estimate of drug-likeness (QED) is 0.873. The van der Waals surface area contributed by atoms with Gasteiger partial charge in [0.1, 0.15) is 0 Å². The Morgan fingerprint density at radius 3 is 2.55 bits per heavy atom. The molecule has 0 radical (unpaired) electrons. The molecule has 118 valence electrons. The standard InChI is InChI=1S/C20H28N2/c1-14-9-10-18-17(11-14)15(12-19(22-18)20(2,3)4)13-21-16-7-5-6-8-16/h9-12,16,21H,5-8,13H2,1-4H3. The summed E-state index contributed by atoms with van der Waals surface area (Å²) in [4.78, 5) is 4.90. The summed E-state index contributed by atoms with van der Waals surface area (Å²) in [6.07, 6.45) is 5.41. The van der Waals surface area contributed by atoms with Gasteiger partial charge in [-0.1, -0.05) is 45.2 Å². The van der Waals surface area contributed by atoms with Gasteiger partial charge in [-0.15, -0.1) is 0 Å². The van der Waals surface area contributed by atoms with E-state index < -0.39 is 0 Å². The van der Waals surface area contributed by atoms with E-state index >= 15 is 0 Å². The molecule has 0 saturated heterocycles. The number of benzene rings is 1. The van der Waals surface area contributed by atoms with Crippen LogP contribution in [0.25, 0.3) is 10.9 Å². The Morgan fingerprint density at radius 2 is 1.86 bits per heavy atom. The fourth-order valence-electron chi connectivity index (χ4n) is 3.32. The van der Waals surface area contributed by atoms with Gasteiger partial charge in [-0.2, -0.15) is 0 Å². The van der Waals surface area contributed by atoms with Crippen molar-refractivity contribution in [2.75, 3.05) is 0 Å². The van der Waals surface area contributed by atoms with E-state index in [1.54, 1.807) is 0 Å². The van der Waals surface area contributed by atoms with Gasteiger partial charge in [-0.05, 0) is 43.5 Å². The summed E-state index contributed by atoms with van der Waals surface area (Å²) in [5, 5.41) is 5.06. The molecule has 0 amide bonds. The van der Waals surface area contributed by atoms with Gasteiger partial charge in [-0.3, -0.25) is 4.98 Å². The van der Waals surface area contributed by atoms with Crippen LogP contribution in [0.1, 0.15) is 63.3 Å². The maximum absolute atomic E-state index is 4.90. The zero-order chi connectivity index (χ0) is 15.7. The normalized spacial score (nSPS) is 16.5. The van der Waals surface area contributed by atoms with Crippen LogP contribution in [-0.2, 0) is 12.0 Å². The van der Waals surface area contributed by atoms with Gasteiger partial charge in [0.25, 0.3) is 0 Å². The molecule has 0 bridgehead atoms. The summed E-state index contributed by atoms with van der Waals surface area (Å²) in [5.74, 6) is 0. The number of aromatic nitrogens is 1. The first-order chi connectivity index (χ1) is 10.4. The van der Waals surface area contributed by atoms with Crippen LogP contribution >= 0.6 is 0 Å². The lowest BCUT2D eigenvalue weighted by molar-refractivity contribution is 0.523. The molecule has 0 unspecified atom stereocenters. The molecule has 0 spiro atoms. The van der Waals surface area contributed by atoms with Gasteiger partial charge in [-0.25, -0.2) is 0 Å². The molecular formula is C20H28N2. The molecule has 0 aliphatic heterocycles. The van der Waals surface area contributed by atoms with Crippen LogP contribution in [0.15, 0.2) is 24.3 Å². The Morgan fingerprint density at radius 1 is 1.14 bits per heavy atom. The number of hydrogen-bond acceptors (Lipinski definition) is 2. The van der Waals surface area contributed by atoms with Gasteiger partial charge in [0, 0.05) is 29.1 Å². The van der Waals surface area contributed by atoms with Crippen molar-refractivity contribution in [3.8, 4) is 0 Å². The van der Waals surface area contributed by atoms with Crippen LogP contribution in [0.2, 0.25) is 0 Å². The molecule has 1 heterocycles. The smallest absolute Gasteiger partial charge is 0.0708 e. The fraction of sp³-hybridized carbons (Fsp3) is 0.550. The van der Waals surface area contributed by atoms with Crippen molar-refractivity contribution in [2.45, 2.75) is 71.4 Å². The summed E-state index contributed by atoms with van der Waals surface area (Å²) in [6.45, 7) is 9.83. The molecule has 1 fully saturated rings. The molecule has 1 N–H and O–H groups in total. The molecule has 22 heavy (non-hydrogen) atoms. The second kappa shape index (κ2) is 6.00. The molecule has 3 rings (SSSR count). The molecule has 1 aliphatic carbocycles. The van der Waals surface area contributed by atoms with E-state index in [4.69, 9.17) is 4.98 Å². The maximum atomic E-state index is 4.90. The predicted octanol–water partition coefficient (Wildman–Crippen LogP) is 4.87. The Balaban J connectivity index is 1.98. The highest BCUT2D eigenvalue weighted by Gasteiger charge is 2.19. The van der Waals surface area contributed by atoms with Crippen molar-refractivity contribution < 1.29 is 0 Å². The minimum Gasteiger partial charge on any atom is -0.310 e. The second-order valence-corrected chi connectivity index (χ2v) is 7.80. The van der Waals surface area contributed by atoms with E-state index in [2.05, 4.69) is 57.3 Å². The first kappa shape index (κ1) is 15.5. The van der Waals surface area contributed by atoms with Crippen LogP contribution < -0.4 is 5.32 Å². The van der Waals surface area contributed by atoms with E-state index in [0.717, 1.165) is 12.1 Å². The van der Waals surface area contributed by atoms with Crippen molar-refractivity contribution in [1.29, 1.82) is 0 Å². The summed E-state index contributed by atoms with van der Waals surface area (Å²) in [5.41, 5.74) is 5.10. The molecule has 1 saturated carbocycles. The highest BCUT2D eigenvalue weighted by Crippen LogP contribution is 2.27. The molecule has 2 aromatic rings. The Hall–Kier alpha value is -1.41. The molecule has 2 nitrogen and oxygen atoms in total. The number of aryl methyl sites for hydroxylation is 1. The van der Waals surface area contributed by atoms with E-state index in [0.29, 0.717) is 6.04 Å². The molecule has 2 heteroatoms. The third-order valence-electron chi connectivity index (χ3n) is 4.75. The molecule has 1 aromatic carbocycles. The third kappa shape index (κ3) is 3.33. The molecule has 0 atom stereocenters. The largest absolute Gasteiger partial charge is 0.310 e. The number of nitrogens with zero attached hydrogens (tertiary/aromatic N) is 1. The van der Waals surface area contributed by atoms with Crippen molar-refractivity contribution in [1.82, 2.24) is 10.3 Å². The minimum absolute atomic E-state index is 0.0845. The topological polar surface area (TPSA) is 24.9 Å². The maximum Gasteiger partial charge on any atom is 0.0708 e. The van der Waals surface area contributed by atoms with Crippen LogP contribution in [-0.4, -0.2) is 11.0 Å². The van der Waals surface area contributed by atoms with Gasteiger partial charge >= 0.3 is 0 Å². The zero-order valence-corrected chi connectivity index (χ0v) is 14.4. The lowest BCUT2D eigenvalue weighted by Crippen LogP contribution is -2.26. The van der Waals surface area contributed by atoms with E-state index in [1.807, 2.05) is 0 Å². The first-order valence-corrected chi connectivity index (χ1v) is 8.57. The predicted molar refractivity (Wildman–Crippen MR) is 94.3 cm³/mol. The lowest BCUT2D eigenvalue weighted by Gasteiger charge is -2.21. The van der Waals surface area contributed by atoms with Crippen LogP contribution in [0.4, 0.5) is 0 Å². The molecule has 1 aliphatic rings. The van der Waals surface area contributed by atoms with E-state index in [-0.39, 0.29) is 5.41 Å². The van der Waals surface area contributed by atoms with Crippen molar-refractivity contribution >= 4 is 10.9 Å². The number of fused-ring (bicyclic) bond motifs is 1. The van der Waals surface area contributed by atoms with Gasteiger partial charge in [0.2, 0.25) is 0 Å². The summed E-state index contributed by atoms with van der Waals surface area (Å²) >= 11 is 0. The highest BCUT2D eigenvalue weighted by molar-refractivity contribution is 5.83.